The van der Waals surface area contributed by atoms with Crippen LogP contribution in [0.4, 0.5) is 5.82 Å². The molecule has 0 amide bonds. The summed E-state index contributed by atoms with van der Waals surface area (Å²) in [6.07, 6.45) is 5.62. The molecular formula is C21H29N3O5. The monoisotopic (exact) mass is 403 g/mol. The van der Waals surface area contributed by atoms with Crippen molar-refractivity contribution in [2.24, 2.45) is 5.73 Å². The molecule has 1 saturated heterocycles. The number of fused-ring (bicyclic) bond motifs is 1. The van der Waals surface area contributed by atoms with Crippen molar-refractivity contribution in [2.75, 3.05) is 18.0 Å². The molecule has 158 valence electrons. The summed E-state index contributed by atoms with van der Waals surface area (Å²) in [6.45, 7) is 4.20. The number of hydrogen-bond acceptors (Lipinski definition) is 6. The Hall–Kier alpha value is -2.87. The van der Waals surface area contributed by atoms with Gasteiger partial charge in [0.2, 0.25) is 0 Å². The summed E-state index contributed by atoms with van der Waals surface area (Å²) in [5.74, 6) is -0.231. The summed E-state index contributed by atoms with van der Waals surface area (Å²) in [4.78, 5) is 26.3. The van der Waals surface area contributed by atoms with E-state index in [-0.39, 0.29) is 19.1 Å². The average molecular weight is 403 g/mol. The van der Waals surface area contributed by atoms with Gasteiger partial charge in [0.25, 0.3) is 0 Å². The van der Waals surface area contributed by atoms with E-state index in [9.17, 15) is 9.59 Å². The second kappa shape index (κ2) is 11.2. The summed E-state index contributed by atoms with van der Waals surface area (Å²) in [5.41, 5.74) is 5.93. The molecular weight excluding hydrogens is 374 g/mol. The number of aliphatic carboxylic acids is 2. The highest BCUT2D eigenvalue weighted by Crippen LogP contribution is 2.32. The number of nitrogens with two attached hydrogens (primary N) is 1. The van der Waals surface area contributed by atoms with Crippen LogP contribution in [0.2, 0.25) is 0 Å². The Morgan fingerprint density at radius 2 is 1.76 bits per heavy atom. The van der Waals surface area contributed by atoms with Crippen LogP contribution in [0.15, 0.2) is 30.5 Å². The van der Waals surface area contributed by atoms with Crippen LogP contribution in [0.1, 0.15) is 45.4 Å². The van der Waals surface area contributed by atoms with E-state index in [4.69, 9.17) is 20.7 Å². The third-order valence-corrected chi connectivity index (χ3v) is 4.63. The van der Waals surface area contributed by atoms with E-state index in [2.05, 4.69) is 16.0 Å². The van der Waals surface area contributed by atoms with E-state index in [1.807, 2.05) is 31.3 Å². The number of benzene rings is 1. The molecule has 8 nitrogen and oxygen atoms in total. The number of aromatic nitrogens is 1. The SMILES string of the molecule is CCC(N)Oc1cccc2c(N3CCCCC3)nccc12.O=C(O)CCC(=O)O. The Kier molecular flexibility index (Phi) is 8.67. The van der Waals surface area contributed by atoms with E-state index in [0.717, 1.165) is 41.9 Å². The summed E-state index contributed by atoms with van der Waals surface area (Å²) < 4.78 is 5.85. The maximum Gasteiger partial charge on any atom is 0.303 e. The van der Waals surface area contributed by atoms with E-state index in [0.29, 0.717) is 0 Å². The first-order valence-corrected chi connectivity index (χ1v) is 9.90. The molecule has 0 aliphatic carbocycles. The van der Waals surface area contributed by atoms with Gasteiger partial charge in [0.05, 0.1) is 12.8 Å². The molecule has 1 aliphatic heterocycles. The average Bonchev–Trinajstić information content (AvgIpc) is 2.73. The Morgan fingerprint density at radius 1 is 1.10 bits per heavy atom. The minimum atomic E-state index is -1.08. The van der Waals surface area contributed by atoms with Crippen molar-refractivity contribution in [3.05, 3.63) is 30.5 Å². The first-order chi connectivity index (χ1) is 13.9. The predicted molar refractivity (Wildman–Crippen MR) is 111 cm³/mol. The van der Waals surface area contributed by atoms with Gasteiger partial charge in [-0.15, -0.1) is 0 Å². The van der Waals surface area contributed by atoms with E-state index in [1.54, 1.807) is 0 Å². The largest absolute Gasteiger partial charge is 0.481 e. The molecule has 4 N–H and O–H groups in total. The fourth-order valence-electron chi connectivity index (χ4n) is 3.08. The van der Waals surface area contributed by atoms with Crippen LogP contribution in [0.5, 0.6) is 5.75 Å². The highest BCUT2D eigenvalue weighted by atomic mass is 16.5. The molecule has 2 aromatic rings. The fourth-order valence-corrected chi connectivity index (χ4v) is 3.08. The normalized spacial score (nSPS) is 14.6. The number of rotatable bonds is 7. The van der Waals surface area contributed by atoms with Gasteiger partial charge in [0.15, 0.2) is 0 Å². The quantitative estimate of drug-likeness (QED) is 0.602. The standard InChI is InChI=1S/C17H23N3O.C4H6O4/c1-2-16(18)21-15-8-6-7-14-13(15)9-10-19-17(14)20-11-4-3-5-12-20;5-3(6)1-2-4(7)8/h6-10,16H,2-5,11-12,18H2,1H3;1-2H2,(H,5,6)(H,7,8). The lowest BCUT2D eigenvalue weighted by Crippen LogP contribution is -2.30. The van der Waals surface area contributed by atoms with Gasteiger partial charge < -0.3 is 19.8 Å². The number of carbonyl (C=O) groups is 2. The smallest absolute Gasteiger partial charge is 0.303 e. The molecule has 1 aliphatic rings. The van der Waals surface area contributed by atoms with Gasteiger partial charge in [-0.3, -0.25) is 15.3 Å². The summed E-state index contributed by atoms with van der Waals surface area (Å²) in [5, 5.41) is 18.0. The second-order valence-electron chi connectivity index (χ2n) is 6.89. The van der Waals surface area contributed by atoms with Gasteiger partial charge in [-0.05, 0) is 37.8 Å². The van der Waals surface area contributed by atoms with Crippen LogP contribution >= 0.6 is 0 Å². The van der Waals surface area contributed by atoms with Crippen LogP contribution in [-0.2, 0) is 9.59 Å². The molecule has 3 rings (SSSR count). The molecule has 1 atom stereocenters. The molecule has 29 heavy (non-hydrogen) atoms. The first kappa shape index (κ1) is 22.4. The van der Waals surface area contributed by atoms with Crippen LogP contribution in [0, 0.1) is 0 Å². The zero-order valence-electron chi connectivity index (χ0n) is 16.7. The van der Waals surface area contributed by atoms with Crippen LogP contribution in [-0.4, -0.2) is 46.5 Å². The Morgan fingerprint density at radius 3 is 2.34 bits per heavy atom. The molecule has 0 bridgehead atoms. The minimum Gasteiger partial charge on any atom is -0.481 e. The van der Waals surface area contributed by atoms with E-state index < -0.39 is 11.9 Å². The maximum atomic E-state index is 9.64. The van der Waals surface area contributed by atoms with Gasteiger partial charge in [0.1, 0.15) is 17.8 Å². The van der Waals surface area contributed by atoms with Gasteiger partial charge in [-0.1, -0.05) is 19.1 Å². The highest BCUT2D eigenvalue weighted by Gasteiger charge is 2.16. The van der Waals surface area contributed by atoms with Crippen molar-refractivity contribution in [1.29, 1.82) is 0 Å². The van der Waals surface area contributed by atoms with Gasteiger partial charge in [-0.25, -0.2) is 4.98 Å². The second-order valence-corrected chi connectivity index (χ2v) is 6.89. The summed E-state index contributed by atoms with van der Waals surface area (Å²) in [7, 11) is 0. The van der Waals surface area contributed by atoms with Crippen LogP contribution < -0.4 is 15.4 Å². The van der Waals surface area contributed by atoms with Crippen LogP contribution in [0.25, 0.3) is 10.8 Å². The molecule has 1 aromatic heterocycles. The van der Waals surface area contributed by atoms with Crippen molar-refractivity contribution in [2.45, 2.75) is 51.7 Å². The lowest BCUT2D eigenvalue weighted by Gasteiger charge is -2.29. The van der Waals surface area contributed by atoms with Crippen molar-refractivity contribution in [3.63, 3.8) is 0 Å². The zero-order chi connectivity index (χ0) is 21.2. The van der Waals surface area contributed by atoms with Crippen molar-refractivity contribution < 1.29 is 24.5 Å². The molecule has 8 heteroatoms. The van der Waals surface area contributed by atoms with Crippen molar-refractivity contribution in [1.82, 2.24) is 4.98 Å². The highest BCUT2D eigenvalue weighted by molar-refractivity contribution is 5.96. The number of hydrogen-bond donors (Lipinski definition) is 3. The maximum absolute atomic E-state index is 9.64. The summed E-state index contributed by atoms with van der Waals surface area (Å²) in [6, 6.07) is 8.14. The third kappa shape index (κ3) is 6.90. The number of ether oxygens (including phenoxy) is 1. The topological polar surface area (TPSA) is 126 Å². The number of piperidine rings is 1. The van der Waals surface area contributed by atoms with Crippen molar-refractivity contribution >= 4 is 28.5 Å². The number of carboxylic acids is 2. The van der Waals surface area contributed by atoms with Crippen molar-refractivity contribution in [3.8, 4) is 5.75 Å². The van der Waals surface area contributed by atoms with Crippen LogP contribution in [0.3, 0.4) is 0 Å². The molecule has 1 aromatic carbocycles. The minimum absolute atomic E-state index is 0.262. The first-order valence-electron chi connectivity index (χ1n) is 9.90. The fraction of sp³-hybridized carbons (Fsp3) is 0.476. The molecule has 1 unspecified atom stereocenters. The molecule has 1 fully saturated rings. The Balaban J connectivity index is 0.000000321. The lowest BCUT2D eigenvalue weighted by molar-refractivity contribution is -0.143. The number of anilines is 1. The molecule has 0 radical (unpaired) electrons. The van der Waals surface area contributed by atoms with E-state index >= 15 is 0 Å². The number of pyridine rings is 1. The number of carboxylic acid groups (broad SMARTS) is 2. The van der Waals surface area contributed by atoms with Gasteiger partial charge in [-0.2, -0.15) is 0 Å². The third-order valence-electron chi connectivity index (χ3n) is 4.63. The van der Waals surface area contributed by atoms with Gasteiger partial charge >= 0.3 is 11.9 Å². The van der Waals surface area contributed by atoms with E-state index in [1.165, 1.54) is 19.3 Å². The molecule has 0 spiro atoms. The predicted octanol–water partition coefficient (Wildman–Crippen LogP) is 3.23. The zero-order valence-corrected chi connectivity index (χ0v) is 16.7. The molecule has 0 saturated carbocycles. The summed E-state index contributed by atoms with van der Waals surface area (Å²) >= 11 is 0. The Bertz CT molecular complexity index is 807. The van der Waals surface area contributed by atoms with Gasteiger partial charge in [0, 0.05) is 30.1 Å². The Labute approximate surface area is 170 Å². The lowest BCUT2D eigenvalue weighted by atomic mass is 10.1. The number of nitrogens with zero attached hydrogens (tertiary/aromatic N) is 2. The molecule has 2 heterocycles.